The van der Waals surface area contributed by atoms with Gasteiger partial charge in [0.05, 0.1) is 20.1 Å². The third-order valence-electron chi connectivity index (χ3n) is 2.82. The minimum absolute atomic E-state index is 0.211. The van der Waals surface area contributed by atoms with Crippen LogP contribution in [0.2, 0.25) is 0 Å². The number of nitrogens with one attached hydrogen (secondary N) is 1. The van der Waals surface area contributed by atoms with E-state index in [0.29, 0.717) is 30.3 Å². The van der Waals surface area contributed by atoms with Gasteiger partial charge >= 0.3 is 6.09 Å². The van der Waals surface area contributed by atoms with E-state index in [9.17, 15) is 4.79 Å². The van der Waals surface area contributed by atoms with Gasteiger partial charge in [-0.3, -0.25) is 0 Å². The summed E-state index contributed by atoms with van der Waals surface area (Å²) in [5.41, 5.74) is 2.17. The lowest BCUT2D eigenvalue weighted by molar-refractivity contribution is 0.153. The Morgan fingerprint density at radius 2 is 1.90 bits per heavy atom. The molecule has 0 aliphatic carbocycles. The van der Waals surface area contributed by atoms with Gasteiger partial charge in [0.25, 0.3) is 0 Å². The highest BCUT2D eigenvalue weighted by atomic mass is 35.5. The first-order chi connectivity index (χ1) is 9.62. The van der Waals surface area contributed by atoms with Crippen LogP contribution in [-0.2, 0) is 11.2 Å². The zero-order chi connectivity index (χ0) is 15.0. The second kappa shape index (κ2) is 8.53. The van der Waals surface area contributed by atoms with Gasteiger partial charge in [0, 0.05) is 6.54 Å². The topological polar surface area (TPSA) is 56.8 Å². The molecule has 0 aliphatic heterocycles. The maximum atomic E-state index is 11.3. The lowest BCUT2D eigenvalue weighted by atomic mass is 10.0. The van der Waals surface area contributed by atoms with Crippen LogP contribution in [-0.4, -0.2) is 39.3 Å². The molecular weight excluding hydrogens is 282 g/mol. The summed E-state index contributed by atoms with van der Waals surface area (Å²) in [4.78, 5) is 11.3. The quantitative estimate of drug-likeness (QED) is 0.786. The third kappa shape index (κ3) is 4.81. The van der Waals surface area contributed by atoms with Crippen molar-refractivity contribution in [1.82, 2.24) is 5.32 Å². The molecule has 0 fully saturated rings. The van der Waals surface area contributed by atoms with Crippen molar-refractivity contribution in [3.8, 4) is 11.5 Å². The van der Waals surface area contributed by atoms with Crippen LogP contribution in [0, 0.1) is 6.92 Å². The summed E-state index contributed by atoms with van der Waals surface area (Å²) in [5.74, 6) is 1.67. The van der Waals surface area contributed by atoms with Crippen LogP contribution >= 0.6 is 11.6 Å². The van der Waals surface area contributed by atoms with Gasteiger partial charge in [0.1, 0.15) is 6.61 Å². The largest absolute Gasteiger partial charge is 0.493 e. The molecule has 1 aromatic carbocycles. The van der Waals surface area contributed by atoms with Crippen molar-refractivity contribution in [3.63, 3.8) is 0 Å². The number of hydrogen-bond acceptors (Lipinski definition) is 4. The predicted molar refractivity (Wildman–Crippen MR) is 78.1 cm³/mol. The SMILES string of the molecule is COc1cc(C)c(CCNC(=O)OCCCl)cc1OC. The molecule has 1 N–H and O–H groups in total. The first-order valence-electron chi connectivity index (χ1n) is 6.30. The number of amides is 1. The number of rotatable bonds is 7. The monoisotopic (exact) mass is 301 g/mol. The molecule has 0 saturated heterocycles. The Morgan fingerprint density at radius 3 is 2.50 bits per heavy atom. The fourth-order valence-electron chi connectivity index (χ4n) is 1.77. The van der Waals surface area contributed by atoms with Crippen molar-refractivity contribution in [1.29, 1.82) is 0 Å². The zero-order valence-corrected chi connectivity index (χ0v) is 12.8. The van der Waals surface area contributed by atoms with Crippen LogP contribution in [0.15, 0.2) is 12.1 Å². The Labute approximate surface area is 124 Å². The Morgan fingerprint density at radius 1 is 1.25 bits per heavy atom. The van der Waals surface area contributed by atoms with E-state index in [0.717, 1.165) is 11.1 Å². The number of carbonyl (C=O) groups is 1. The standard InChI is InChI=1S/C14H20ClNO4/c1-10-8-12(18-2)13(19-3)9-11(10)4-6-16-14(17)20-7-5-15/h8-9H,4-7H2,1-3H3,(H,16,17). The fourth-order valence-corrected chi connectivity index (χ4v) is 1.85. The highest BCUT2D eigenvalue weighted by molar-refractivity contribution is 6.18. The van der Waals surface area contributed by atoms with Crippen LogP contribution in [0.25, 0.3) is 0 Å². The molecule has 1 aromatic rings. The number of halogens is 1. The molecular formula is C14H20ClNO4. The molecule has 0 unspecified atom stereocenters. The summed E-state index contributed by atoms with van der Waals surface area (Å²) in [6.07, 6.45) is 0.228. The Kier molecular flexibility index (Phi) is 7.01. The number of alkyl carbamates (subject to hydrolysis) is 1. The van der Waals surface area contributed by atoms with Crippen LogP contribution < -0.4 is 14.8 Å². The van der Waals surface area contributed by atoms with Crippen molar-refractivity contribution in [2.24, 2.45) is 0 Å². The maximum absolute atomic E-state index is 11.3. The van der Waals surface area contributed by atoms with Crippen molar-refractivity contribution in [3.05, 3.63) is 23.3 Å². The normalized spacial score (nSPS) is 10.0. The van der Waals surface area contributed by atoms with Crippen molar-refractivity contribution < 1.29 is 19.0 Å². The van der Waals surface area contributed by atoms with Gasteiger partial charge in [0.2, 0.25) is 0 Å². The van der Waals surface area contributed by atoms with E-state index in [1.807, 2.05) is 19.1 Å². The van der Waals surface area contributed by atoms with E-state index in [-0.39, 0.29) is 6.61 Å². The Hall–Kier alpha value is -1.62. The summed E-state index contributed by atoms with van der Waals surface area (Å²) >= 11 is 5.43. The van der Waals surface area contributed by atoms with Crippen molar-refractivity contribution in [2.75, 3.05) is 33.3 Å². The average molecular weight is 302 g/mol. The molecule has 0 radical (unpaired) electrons. The third-order valence-corrected chi connectivity index (χ3v) is 2.97. The summed E-state index contributed by atoms with van der Waals surface area (Å²) in [7, 11) is 3.20. The molecule has 1 rings (SSSR count). The number of aryl methyl sites for hydroxylation is 1. The first kappa shape index (κ1) is 16.4. The van der Waals surface area contributed by atoms with Crippen LogP contribution in [0.4, 0.5) is 4.79 Å². The number of ether oxygens (including phenoxy) is 3. The summed E-state index contributed by atoms with van der Waals surface area (Å²) in [6, 6.07) is 3.83. The molecule has 112 valence electrons. The molecule has 0 saturated carbocycles. The Balaban J connectivity index is 2.57. The van der Waals surface area contributed by atoms with Gasteiger partial charge in [-0.15, -0.1) is 11.6 Å². The molecule has 0 aliphatic rings. The number of benzene rings is 1. The molecule has 0 spiro atoms. The molecule has 1 amide bonds. The summed E-state index contributed by atoms with van der Waals surface area (Å²) in [6.45, 7) is 2.68. The highest BCUT2D eigenvalue weighted by Gasteiger charge is 2.09. The van der Waals surface area contributed by atoms with E-state index < -0.39 is 6.09 Å². The molecule has 20 heavy (non-hydrogen) atoms. The van der Waals surface area contributed by atoms with Crippen LogP contribution in [0.1, 0.15) is 11.1 Å². The summed E-state index contributed by atoms with van der Waals surface area (Å²) < 4.78 is 15.3. The first-order valence-corrected chi connectivity index (χ1v) is 6.84. The van der Waals surface area contributed by atoms with E-state index in [2.05, 4.69) is 5.32 Å². The predicted octanol–water partition coefficient (Wildman–Crippen LogP) is 2.52. The van der Waals surface area contributed by atoms with Crippen LogP contribution in [0.5, 0.6) is 11.5 Å². The van der Waals surface area contributed by atoms with Gasteiger partial charge in [-0.05, 0) is 36.6 Å². The van der Waals surface area contributed by atoms with E-state index >= 15 is 0 Å². The number of alkyl halides is 1. The fraction of sp³-hybridized carbons (Fsp3) is 0.500. The van der Waals surface area contributed by atoms with Crippen LogP contribution in [0.3, 0.4) is 0 Å². The number of carbonyl (C=O) groups excluding carboxylic acids is 1. The Bertz CT molecular complexity index is 451. The second-order valence-electron chi connectivity index (χ2n) is 4.14. The number of methoxy groups -OCH3 is 2. The lowest BCUT2D eigenvalue weighted by Gasteiger charge is -2.13. The van der Waals surface area contributed by atoms with Gasteiger partial charge in [-0.1, -0.05) is 0 Å². The van der Waals surface area contributed by atoms with Gasteiger partial charge in [-0.2, -0.15) is 0 Å². The molecule has 0 bridgehead atoms. The lowest BCUT2D eigenvalue weighted by Crippen LogP contribution is -2.27. The molecule has 0 atom stereocenters. The molecule has 5 nitrogen and oxygen atoms in total. The smallest absolute Gasteiger partial charge is 0.407 e. The molecule has 6 heteroatoms. The minimum Gasteiger partial charge on any atom is -0.493 e. The molecule has 0 aromatic heterocycles. The van der Waals surface area contributed by atoms with Gasteiger partial charge in [-0.25, -0.2) is 4.79 Å². The highest BCUT2D eigenvalue weighted by Crippen LogP contribution is 2.30. The number of hydrogen-bond donors (Lipinski definition) is 1. The van der Waals surface area contributed by atoms with Gasteiger partial charge in [0.15, 0.2) is 11.5 Å². The van der Waals surface area contributed by atoms with Crippen molar-refractivity contribution >= 4 is 17.7 Å². The average Bonchev–Trinajstić information content (AvgIpc) is 2.46. The molecule has 0 heterocycles. The van der Waals surface area contributed by atoms with Gasteiger partial charge < -0.3 is 19.5 Å². The maximum Gasteiger partial charge on any atom is 0.407 e. The van der Waals surface area contributed by atoms with E-state index in [1.54, 1.807) is 14.2 Å². The summed E-state index contributed by atoms with van der Waals surface area (Å²) in [5, 5.41) is 2.67. The van der Waals surface area contributed by atoms with Crippen molar-refractivity contribution in [2.45, 2.75) is 13.3 Å². The zero-order valence-electron chi connectivity index (χ0n) is 12.0. The van der Waals surface area contributed by atoms with E-state index in [1.165, 1.54) is 0 Å². The second-order valence-corrected chi connectivity index (χ2v) is 4.51. The van der Waals surface area contributed by atoms with E-state index in [4.69, 9.17) is 25.8 Å². The minimum atomic E-state index is -0.455.